The molecule has 1 atom stereocenters. The molecule has 0 amide bonds. The number of hydrogen-bond donors (Lipinski definition) is 2. The lowest BCUT2D eigenvalue weighted by Gasteiger charge is -2.10. The van der Waals surface area contributed by atoms with E-state index in [1.54, 1.807) is 0 Å². The number of aliphatic hydroxyl groups excluding tert-OH is 2. The minimum absolute atomic E-state index is 0.0801. The van der Waals surface area contributed by atoms with Gasteiger partial charge in [0.25, 0.3) is 0 Å². The summed E-state index contributed by atoms with van der Waals surface area (Å²) < 4.78 is 12.9. The van der Waals surface area contributed by atoms with Crippen molar-refractivity contribution in [3.05, 3.63) is 34.6 Å². The van der Waals surface area contributed by atoms with Crippen LogP contribution >= 0.6 is 11.6 Å². The van der Waals surface area contributed by atoms with E-state index in [1.807, 2.05) is 0 Å². The fraction of sp³-hybridized carbons (Fsp3) is 0.333. The number of aliphatic hydroxyl groups is 2. The summed E-state index contributed by atoms with van der Waals surface area (Å²) >= 11 is 5.61. The van der Waals surface area contributed by atoms with Crippen molar-refractivity contribution >= 4 is 11.6 Å². The molecule has 1 unspecified atom stereocenters. The van der Waals surface area contributed by atoms with Gasteiger partial charge in [-0.15, -0.1) is 0 Å². The maximum atomic E-state index is 12.9. The van der Waals surface area contributed by atoms with E-state index >= 15 is 0 Å². The smallest absolute Gasteiger partial charge is 0.142 e. The summed E-state index contributed by atoms with van der Waals surface area (Å²) in [4.78, 5) is 0. The molecule has 0 saturated carbocycles. The van der Waals surface area contributed by atoms with Crippen LogP contribution in [0.15, 0.2) is 18.2 Å². The summed E-state index contributed by atoms with van der Waals surface area (Å²) in [5.41, 5.74) is 0.315. The first-order valence-electron chi connectivity index (χ1n) is 3.89. The highest BCUT2D eigenvalue weighted by molar-refractivity contribution is 6.31. The highest BCUT2D eigenvalue weighted by atomic mass is 35.5. The Labute approximate surface area is 80.6 Å². The maximum absolute atomic E-state index is 12.9. The fourth-order valence-electron chi connectivity index (χ4n) is 1.06. The molecule has 2 nitrogen and oxygen atoms in total. The van der Waals surface area contributed by atoms with Gasteiger partial charge in [-0.05, 0) is 6.07 Å². The first-order chi connectivity index (χ1) is 6.16. The second-order valence-electron chi connectivity index (χ2n) is 2.67. The van der Waals surface area contributed by atoms with Gasteiger partial charge in [-0.2, -0.15) is 0 Å². The van der Waals surface area contributed by atoms with Gasteiger partial charge in [0, 0.05) is 18.6 Å². The normalized spacial score (nSPS) is 12.9. The minimum atomic E-state index is -0.909. The quantitative estimate of drug-likeness (QED) is 0.790. The van der Waals surface area contributed by atoms with Crippen LogP contribution in [0.25, 0.3) is 0 Å². The largest absolute Gasteiger partial charge is 0.396 e. The molecule has 2 N–H and O–H groups in total. The van der Waals surface area contributed by atoms with Crippen molar-refractivity contribution in [2.45, 2.75) is 12.5 Å². The molecule has 72 valence electrons. The Kier molecular flexibility index (Phi) is 3.66. The Hall–Kier alpha value is -0.640. The second-order valence-corrected chi connectivity index (χ2v) is 3.05. The Morgan fingerprint density at radius 2 is 2.15 bits per heavy atom. The van der Waals surface area contributed by atoms with Crippen molar-refractivity contribution in [1.82, 2.24) is 0 Å². The van der Waals surface area contributed by atoms with Crippen molar-refractivity contribution in [2.75, 3.05) is 6.61 Å². The first kappa shape index (κ1) is 10.4. The van der Waals surface area contributed by atoms with Crippen LogP contribution in [0.5, 0.6) is 0 Å². The monoisotopic (exact) mass is 204 g/mol. The molecule has 0 aliphatic rings. The van der Waals surface area contributed by atoms with Crippen LogP contribution in [0.1, 0.15) is 18.1 Å². The van der Waals surface area contributed by atoms with Crippen LogP contribution in [0, 0.1) is 5.82 Å². The van der Waals surface area contributed by atoms with Gasteiger partial charge in [0.15, 0.2) is 0 Å². The van der Waals surface area contributed by atoms with E-state index in [0.717, 1.165) is 0 Å². The highest BCUT2D eigenvalue weighted by Gasteiger charge is 2.13. The average molecular weight is 205 g/mol. The van der Waals surface area contributed by atoms with Crippen molar-refractivity contribution in [3.8, 4) is 0 Å². The first-order valence-corrected chi connectivity index (χ1v) is 4.27. The molecule has 1 aromatic carbocycles. The zero-order valence-corrected chi connectivity index (χ0v) is 7.63. The zero-order valence-electron chi connectivity index (χ0n) is 6.87. The number of rotatable bonds is 3. The summed E-state index contributed by atoms with van der Waals surface area (Å²) in [6.07, 6.45) is -0.753. The van der Waals surface area contributed by atoms with Crippen molar-refractivity contribution < 1.29 is 14.6 Å². The molecule has 0 aromatic heterocycles. The lowest BCUT2D eigenvalue weighted by molar-refractivity contribution is 0.134. The van der Waals surface area contributed by atoms with Gasteiger partial charge in [-0.1, -0.05) is 23.7 Å². The summed E-state index contributed by atoms with van der Waals surface area (Å²) in [6.45, 7) is -0.159. The minimum Gasteiger partial charge on any atom is -0.396 e. The number of halogens is 2. The van der Waals surface area contributed by atoms with Crippen molar-refractivity contribution in [2.24, 2.45) is 0 Å². The Balaban J connectivity index is 2.93. The number of benzene rings is 1. The van der Waals surface area contributed by atoms with Gasteiger partial charge in [0.2, 0.25) is 0 Å². The molecule has 1 aromatic rings. The van der Waals surface area contributed by atoms with Gasteiger partial charge in [-0.25, -0.2) is 4.39 Å². The molecule has 0 bridgehead atoms. The molecule has 0 spiro atoms. The molecule has 0 aliphatic heterocycles. The topological polar surface area (TPSA) is 40.5 Å². The third kappa shape index (κ3) is 2.40. The zero-order chi connectivity index (χ0) is 9.84. The van der Waals surface area contributed by atoms with Crippen LogP contribution in [-0.4, -0.2) is 16.8 Å². The summed E-state index contributed by atoms with van der Waals surface area (Å²) in [7, 11) is 0. The van der Waals surface area contributed by atoms with E-state index in [1.165, 1.54) is 18.2 Å². The lowest BCUT2D eigenvalue weighted by Crippen LogP contribution is -2.01. The van der Waals surface area contributed by atoms with Crippen molar-refractivity contribution in [1.29, 1.82) is 0 Å². The van der Waals surface area contributed by atoms with E-state index in [2.05, 4.69) is 0 Å². The van der Waals surface area contributed by atoms with Gasteiger partial charge in [0.05, 0.1) is 11.1 Å². The van der Waals surface area contributed by atoms with Gasteiger partial charge in [0.1, 0.15) is 5.82 Å². The van der Waals surface area contributed by atoms with Crippen molar-refractivity contribution in [3.63, 3.8) is 0 Å². The van der Waals surface area contributed by atoms with E-state index in [4.69, 9.17) is 16.7 Å². The molecule has 0 fully saturated rings. The van der Waals surface area contributed by atoms with Gasteiger partial charge < -0.3 is 10.2 Å². The molecule has 13 heavy (non-hydrogen) atoms. The molecule has 1 rings (SSSR count). The maximum Gasteiger partial charge on any atom is 0.142 e. The standard InChI is InChI=1S/C9H10ClFO2/c10-9-6(8(13)4-5-12)2-1-3-7(9)11/h1-3,8,12-13H,4-5H2. The lowest BCUT2D eigenvalue weighted by atomic mass is 10.1. The summed E-state index contributed by atoms with van der Waals surface area (Å²) in [5, 5.41) is 17.9. The van der Waals surface area contributed by atoms with Crippen LogP contribution < -0.4 is 0 Å². The van der Waals surface area contributed by atoms with E-state index in [0.29, 0.717) is 5.56 Å². The Morgan fingerprint density at radius 3 is 2.77 bits per heavy atom. The molecule has 0 aliphatic carbocycles. The summed E-state index contributed by atoms with van der Waals surface area (Å²) in [5.74, 6) is -0.559. The molecular weight excluding hydrogens is 195 g/mol. The molecule has 0 heterocycles. The third-order valence-corrected chi connectivity index (χ3v) is 2.14. The average Bonchev–Trinajstić information content (AvgIpc) is 2.10. The molecule has 0 radical (unpaired) electrons. The molecule has 0 saturated heterocycles. The predicted molar refractivity (Wildman–Crippen MR) is 48.1 cm³/mol. The Morgan fingerprint density at radius 1 is 1.46 bits per heavy atom. The van der Waals surface area contributed by atoms with E-state index < -0.39 is 11.9 Å². The second kappa shape index (κ2) is 4.56. The van der Waals surface area contributed by atoms with E-state index in [-0.39, 0.29) is 18.1 Å². The number of hydrogen-bond acceptors (Lipinski definition) is 2. The Bertz CT molecular complexity index is 291. The van der Waals surface area contributed by atoms with Crippen LogP contribution in [-0.2, 0) is 0 Å². The summed E-state index contributed by atoms with van der Waals surface area (Å²) in [6, 6.07) is 4.22. The van der Waals surface area contributed by atoms with Crippen LogP contribution in [0.4, 0.5) is 4.39 Å². The molecular formula is C9H10ClFO2. The van der Waals surface area contributed by atoms with Gasteiger partial charge in [-0.3, -0.25) is 0 Å². The highest BCUT2D eigenvalue weighted by Crippen LogP contribution is 2.26. The van der Waals surface area contributed by atoms with Crippen LogP contribution in [0.2, 0.25) is 5.02 Å². The van der Waals surface area contributed by atoms with Gasteiger partial charge >= 0.3 is 0 Å². The third-order valence-electron chi connectivity index (χ3n) is 1.74. The predicted octanol–water partition coefficient (Wildman–Crippen LogP) is 1.89. The van der Waals surface area contributed by atoms with E-state index in [9.17, 15) is 9.50 Å². The molecule has 4 heteroatoms. The SMILES string of the molecule is OCCC(O)c1cccc(F)c1Cl. The van der Waals surface area contributed by atoms with Crippen LogP contribution in [0.3, 0.4) is 0 Å². The fourth-order valence-corrected chi connectivity index (χ4v) is 1.31.